The number of carbonyl (C=O) groups excluding carboxylic acids is 2. The molecule has 10 nitrogen and oxygen atoms in total. The van der Waals surface area contributed by atoms with Gasteiger partial charge in [-0.25, -0.2) is 14.8 Å². The number of nitrogens with zero attached hydrogens (tertiary/aromatic N) is 4. The lowest BCUT2D eigenvalue weighted by Crippen LogP contribution is -2.24. The van der Waals surface area contributed by atoms with Crippen LogP contribution in [0.25, 0.3) is 11.0 Å². The minimum absolute atomic E-state index is 0.0514. The van der Waals surface area contributed by atoms with Crippen LogP contribution in [0.5, 0.6) is 0 Å². The summed E-state index contributed by atoms with van der Waals surface area (Å²) in [6.45, 7) is 7.07. The summed E-state index contributed by atoms with van der Waals surface area (Å²) in [6, 6.07) is 1.48. The number of methoxy groups -OCH3 is 1. The second-order valence-corrected chi connectivity index (χ2v) is 8.12. The van der Waals surface area contributed by atoms with Crippen LogP contribution in [0.4, 0.5) is 5.69 Å². The predicted molar refractivity (Wildman–Crippen MR) is 113 cm³/mol. The Morgan fingerprint density at radius 3 is 2.57 bits per heavy atom. The van der Waals surface area contributed by atoms with Crippen LogP contribution in [0.15, 0.2) is 16.0 Å². The SMILES string of the molecule is COC(=O)c1cc(C)nc2nc(SC(C)C(=O)Nc3c(C)nn(C)c3C)[nH]c(=O)c12. The normalized spacial score (nSPS) is 12.1. The summed E-state index contributed by atoms with van der Waals surface area (Å²) in [5, 5.41) is 6.87. The number of aryl methyl sites for hydroxylation is 3. The van der Waals surface area contributed by atoms with E-state index >= 15 is 0 Å². The van der Waals surface area contributed by atoms with Gasteiger partial charge in [0.25, 0.3) is 5.56 Å². The molecule has 3 heterocycles. The summed E-state index contributed by atoms with van der Waals surface area (Å²) in [5.41, 5.74) is 2.42. The van der Waals surface area contributed by atoms with Crippen molar-refractivity contribution in [2.45, 2.75) is 38.1 Å². The molecule has 30 heavy (non-hydrogen) atoms. The Morgan fingerprint density at radius 2 is 1.97 bits per heavy atom. The Kier molecular flexibility index (Phi) is 5.92. The number of esters is 1. The van der Waals surface area contributed by atoms with Gasteiger partial charge in [-0.2, -0.15) is 5.10 Å². The number of rotatable bonds is 5. The number of amides is 1. The molecule has 1 unspecified atom stereocenters. The Morgan fingerprint density at radius 1 is 1.27 bits per heavy atom. The van der Waals surface area contributed by atoms with E-state index in [1.165, 1.54) is 13.2 Å². The van der Waals surface area contributed by atoms with Crippen LogP contribution in [0.3, 0.4) is 0 Å². The van der Waals surface area contributed by atoms with Crippen LogP contribution in [-0.4, -0.2) is 49.0 Å². The lowest BCUT2D eigenvalue weighted by molar-refractivity contribution is -0.115. The number of hydrogen-bond donors (Lipinski definition) is 2. The zero-order valence-electron chi connectivity index (χ0n) is 17.5. The number of fused-ring (bicyclic) bond motifs is 1. The van der Waals surface area contributed by atoms with Crippen molar-refractivity contribution in [2.75, 3.05) is 12.4 Å². The molecule has 0 aromatic carbocycles. The van der Waals surface area contributed by atoms with Gasteiger partial charge in [-0.3, -0.25) is 14.3 Å². The molecule has 0 spiro atoms. The van der Waals surface area contributed by atoms with Crippen molar-refractivity contribution in [2.24, 2.45) is 7.05 Å². The van der Waals surface area contributed by atoms with Gasteiger partial charge in [0.2, 0.25) is 5.91 Å². The number of thioether (sulfide) groups is 1. The molecule has 0 bridgehead atoms. The van der Waals surface area contributed by atoms with E-state index in [2.05, 4.69) is 25.4 Å². The van der Waals surface area contributed by atoms with Gasteiger partial charge in [-0.05, 0) is 33.8 Å². The zero-order chi connectivity index (χ0) is 22.2. The molecule has 3 rings (SSSR count). The highest BCUT2D eigenvalue weighted by Crippen LogP contribution is 2.24. The van der Waals surface area contributed by atoms with Crippen molar-refractivity contribution < 1.29 is 14.3 Å². The van der Waals surface area contributed by atoms with Crippen molar-refractivity contribution in [1.82, 2.24) is 24.7 Å². The first-order valence-electron chi connectivity index (χ1n) is 9.10. The van der Waals surface area contributed by atoms with Crippen LogP contribution in [0.1, 0.15) is 34.4 Å². The standard InChI is InChI=1S/C19H22N6O4S/c1-8-7-12(18(28)29-6)13-15(20-8)22-19(23-17(13)27)30-11(4)16(26)21-14-9(2)24-25(5)10(14)3/h7,11H,1-6H3,(H,21,26)(H,20,22,23,27). The smallest absolute Gasteiger partial charge is 0.338 e. The van der Waals surface area contributed by atoms with Gasteiger partial charge >= 0.3 is 5.97 Å². The Balaban J connectivity index is 1.89. The van der Waals surface area contributed by atoms with E-state index in [0.717, 1.165) is 17.5 Å². The Hall–Kier alpha value is -3.21. The number of H-pyrrole nitrogens is 1. The number of aromatic nitrogens is 5. The van der Waals surface area contributed by atoms with Crippen molar-refractivity contribution >= 4 is 40.4 Å². The number of ether oxygens (including phenoxy) is 1. The Bertz CT molecular complexity index is 1220. The van der Waals surface area contributed by atoms with Gasteiger partial charge in [0.1, 0.15) is 0 Å². The Labute approximate surface area is 176 Å². The summed E-state index contributed by atoms with van der Waals surface area (Å²) in [4.78, 5) is 48.5. The maximum absolute atomic E-state index is 12.6. The second-order valence-electron chi connectivity index (χ2n) is 6.79. The molecular formula is C19H22N6O4S. The van der Waals surface area contributed by atoms with Crippen LogP contribution < -0.4 is 10.9 Å². The number of hydrogen-bond acceptors (Lipinski definition) is 8. The quantitative estimate of drug-likeness (QED) is 0.356. The fourth-order valence-corrected chi connectivity index (χ4v) is 3.76. The molecule has 2 N–H and O–H groups in total. The zero-order valence-corrected chi connectivity index (χ0v) is 18.3. The maximum atomic E-state index is 12.6. The summed E-state index contributed by atoms with van der Waals surface area (Å²) >= 11 is 1.08. The highest BCUT2D eigenvalue weighted by Gasteiger charge is 2.22. The molecule has 0 aliphatic heterocycles. The number of nitrogens with one attached hydrogen (secondary N) is 2. The molecule has 11 heteroatoms. The van der Waals surface area contributed by atoms with E-state index in [1.54, 1.807) is 25.6 Å². The molecule has 1 amide bonds. The van der Waals surface area contributed by atoms with Crippen molar-refractivity contribution in [1.29, 1.82) is 0 Å². The van der Waals surface area contributed by atoms with Crippen LogP contribution in [0.2, 0.25) is 0 Å². The number of pyridine rings is 1. The van der Waals surface area contributed by atoms with Gasteiger partial charge in [0, 0.05) is 12.7 Å². The number of carbonyl (C=O) groups is 2. The van der Waals surface area contributed by atoms with Crippen LogP contribution >= 0.6 is 11.8 Å². The summed E-state index contributed by atoms with van der Waals surface area (Å²) in [5.74, 6) is -0.900. The number of anilines is 1. The topological polar surface area (TPSA) is 132 Å². The van der Waals surface area contributed by atoms with Gasteiger partial charge in [0.15, 0.2) is 10.8 Å². The highest BCUT2D eigenvalue weighted by molar-refractivity contribution is 8.00. The lowest BCUT2D eigenvalue weighted by Gasteiger charge is -2.12. The summed E-state index contributed by atoms with van der Waals surface area (Å²) < 4.78 is 6.44. The van der Waals surface area contributed by atoms with E-state index < -0.39 is 16.8 Å². The van der Waals surface area contributed by atoms with Crippen LogP contribution in [-0.2, 0) is 16.6 Å². The second kappa shape index (κ2) is 8.27. The third kappa shape index (κ3) is 4.06. The first kappa shape index (κ1) is 21.5. The van der Waals surface area contributed by atoms with Crippen molar-refractivity contribution in [3.8, 4) is 0 Å². The van der Waals surface area contributed by atoms with Gasteiger partial charge in [0.05, 0.1) is 40.4 Å². The van der Waals surface area contributed by atoms with E-state index in [1.807, 2.05) is 13.8 Å². The third-order valence-corrected chi connectivity index (χ3v) is 5.59. The molecule has 0 aliphatic rings. The van der Waals surface area contributed by atoms with E-state index in [0.29, 0.717) is 17.1 Å². The maximum Gasteiger partial charge on any atom is 0.338 e. The fourth-order valence-electron chi connectivity index (χ4n) is 2.97. The van der Waals surface area contributed by atoms with E-state index in [4.69, 9.17) is 4.74 Å². The minimum Gasteiger partial charge on any atom is -0.465 e. The molecule has 0 saturated carbocycles. The van der Waals surface area contributed by atoms with E-state index in [9.17, 15) is 14.4 Å². The van der Waals surface area contributed by atoms with Crippen molar-refractivity contribution in [3.05, 3.63) is 39.1 Å². The van der Waals surface area contributed by atoms with Crippen molar-refractivity contribution in [3.63, 3.8) is 0 Å². The number of aromatic amines is 1. The van der Waals surface area contributed by atoms with Crippen LogP contribution in [0, 0.1) is 20.8 Å². The molecule has 3 aromatic rings. The molecule has 0 saturated heterocycles. The summed E-state index contributed by atoms with van der Waals surface area (Å²) in [6.07, 6.45) is 0. The molecule has 158 valence electrons. The molecule has 0 aliphatic carbocycles. The fraction of sp³-hybridized carbons (Fsp3) is 0.368. The predicted octanol–water partition coefficient (Wildman–Crippen LogP) is 1.88. The molecule has 1 atom stereocenters. The first-order valence-corrected chi connectivity index (χ1v) is 9.98. The highest BCUT2D eigenvalue weighted by atomic mass is 32.2. The molecule has 0 radical (unpaired) electrons. The molecule has 0 fully saturated rings. The monoisotopic (exact) mass is 430 g/mol. The van der Waals surface area contributed by atoms with Gasteiger partial charge in [-0.1, -0.05) is 11.8 Å². The van der Waals surface area contributed by atoms with E-state index in [-0.39, 0.29) is 27.7 Å². The first-order chi connectivity index (χ1) is 14.1. The average molecular weight is 430 g/mol. The molecular weight excluding hydrogens is 408 g/mol. The minimum atomic E-state index is -0.645. The van der Waals surface area contributed by atoms with Gasteiger partial charge < -0.3 is 15.0 Å². The van der Waals surface area contributed by atoms with Gasteiger partial charge in [-0.15, -0.1) is 0 Å². The largest absolute Gasteiger partial charge is 0.465 e. The third-order valence-electron chi connectivity index (χ3n) is 4.60. The lowest BCUT2D eigenvalue weighted by atomic mass is 10.1. The average Bonchev–Trinajstić information content (AvgIpc) is 2.92. The molecule has 3 aromatic heterocycles. The summed E-state index contributed by atoms with van der Waals surface area (Å²) in [7, 11) is 3.04.